The van der Waals surface area contributed by atoms with E-state index in [1.807, 2.05) is 12.1 Å². The Hall–Kier alpha value is -1.06. The molecule has 1 unspecified atom stereocenters. The van der Waals surface area contributed by atoms with Crippen LogP contribution in [-0.2, 0) is 16.6 Å². The number of halogens is 1. The molecule has 1 aliphatic heterocycles. The third-order valence-electron chi connectivity index (χ3n) is 7.15. The predicted molar refractivity (Wildman–Crippen MR) is 109 cm³/mol. The maximum Gasteiger partial charge on any atom is 0.133 e. The van der Waals surface area contributed by atoms with Crippen LogP contribution in [0.3, 0.4) is 0 Å². The highest BCUT2D eigenvalue weighted by Crippen LogP contribution is 2.58. The molecule has 0 amide bonds. The largest absolute Gasteiger partial charge is 0.508 e. The lowest BCUT2D eigenvalue weighted by molar-refractivity contribution is -0.121. The summed E-state index contributed by atoms with van der Waals surface area (Å²) in [6.07, 6.45) is 4.37. The van der Waals surface area contributed by atoms with Crippen molar-refractivity contribution in [3.8, 4) is 5.75 Å². The van der Waals surface area contributed by atoms with Crippen LogP contribution < -0.4 is 0 Å². The van der Waals surface area contributed by atoms with Crippen LogP contribution in [0.4, 0.5) is 0 Å². The number of rotatable bonds is 5. The molecule has 1 N–H and O–H groups in total. The van der Waals surface area contributed by atoms with E-state index >= 15 is 0 Å². The fourth-order valence-corrected chi connectivity index (χ4v) is 5.38. The zero-order chi connectivity index (χ0) is 18.4. The zero-order valence-corrected chi connectivity index (χ0v) is 17.7. The van der Waals surface area contributed by atoms with Crippen molar-refractivity contribution in [3.63, 3.8) is 0 Å². The van der Waals surface area contributed by atoms with Gasteiger partial charge >= 0.3 is 0 Å². The summed E-state index contributed by atoms with van der Waals surface area (Å²) in [5.74, 6) is 1.18. The Morgan fingerprint density at radius 3 is 2.69 bits per heavy atom. The second kappa shape index (κ2) is 7.52. The summed E-state index contributed by atoms with van der Waals surface area (Å²) in [6.45, 7) is 10.0. The molecule has 3 rings (SSSR count). The highest BCUT2D eigenvalue weighted by atomic mass is 35.5. The first kappa shape index (κ1) is 21.2. The van der Waals surface area contributed by atoms with Crippen molar-refractivity contribution in [3.05, 3.63) is 29.3 Å². The molecule has 0 radical (unpaired) electrons. The number of phenols is 1. The van der Waals surface area contributed by atoms with E-state index < -0.39 is 0 Å². The van der Waals surface area contributed by atoms with Crippen LogP contribution in [0.5, 0.6) is 5.75 Å². The van der Waals surface area contributed by atoms with Gasteiger partial charge in [0, 0.05) is 24.3 Å². The molecule has 1 fully saturated rings. The second-order valence-corrected chi connectivity index (χ2v) is 9.18. The van der Waals surface area contributed by atoms with Gasteiger partial charge in [0.05, 0.1) is 0 Å². The topological polar surface area (TPSA) is 40.5 Å². The third kappa shape index (κ3) is 3.41. The van der Waals surface area contributed by atoms with Gasteiger partial charge in [0.25, 0.3) is 0 Å². The molecule has 1 aliphatic carbocycles. The van der Waals surface area contributed by atoms with Crippen molar-refractivity contribution in [1.29, 1.82) is 0 Å². The number of nitrogens with zero attached hydrogens (tertiary/aromatic N) is 1. The highest BCUT2D eigenvalue weighted by Gasteiger charge is 2.57. The number of carbonyl (C=O) groups excluding carboxylic acids is 1. The van der Waals surface area contributed by atoms with Crippen molar-refractivity contribution in [2.24, 2.45) is 11.3 Å². The Balaban J connectivity index is 0.00000243. The van der Waals surface area contributed by atoms with E-state index in [0.29, 0.717) is 36.3 Å². The monoisotopic (exact) mass is 379 g/mol. The maximum absolute atomic E-state index is 12.4. The Kier molecular flexibility index (Phi) is 6.14. The van der Waals surface area contributed by atoms with Crippen LogP contribution in [0.15, 0.2) is 18.2 Å². The fraction of sp³-hybridized carbons (Fsp3) is 0.682. The lowest BCUT2D eigenvalue weighted by atomic mass is 9.49. The smallest absolute Gasteiger partial charge is 0.133 e. The number of carbonyl (C=O) groups is 1. The summed E-state index contributed by atoms with van der Waals surface area (Å²) in [7, 11) is 2.23. The lowest BCUT2D eigenvalue weighted by Crippen LogP contribution is -2.64. The molecule has 1 saturated heterocycles. The number of piperidine rings is 1. The standard InChI is InChI=1S/C22H33NO2.ClH/c1-15(2)12-18(25)8-9-22(4)20-13-16-6-7-17(24)14-19(16)21(22,3)10-11-23(20)5;/h6-7,14-15,20,24H,8-13H2,1-5H3;1H/t20?,21-,22-;/m1./s1. The van der Waals surface area contributed by atoms with Crippen molar-refractivity contribution in [2.75, 3.05) is 13.6 Å². The van der Waals surface area contributed by atoms with Gasteiger partial charge in [-0.15, -0.1) is 12.4 Å². The van der Waals surface area contributed by atoms with E-state index in [1.165, 1.54) is 11.1 Å². The van der Waals surface area contributed by atoms with E-state index in [-0.39, 0.29) is 23.2 Å². The van der Waals surface area contributed by atoms with Crippen molar-refractivity contribution in [1.82, 2.24) is 4.90 Å². The van der Waals surface area contributed by atoms with Gasteiger partial charge in [-0.05, 0) is 67.4 Å². The number of phenolic OH excluding ortho intramolecular Hbond substituents is 1. The Morgan fingerprint density at radius 1 is 1.35 bits per heavy atom. The van der Waals surface area contributed by atoms with E-state index in [2.05, 4.69) is 45.7 Å². The van der Waals surface area contributed by atoms with Crippen LogP contribution >= 0.6 is 12.4 Å². The van der Waals surface area contributed by atoms with Gasteiger partial charge in [-0.25, -0.2) is 0 Å². The Morgan fingerprint density at radius 2 is 2.04 bits per heavy atom. The Labute approximate surface area is 164 Å². The number of benzene rings is 1. The molecule has 1 heterocycles. The number of Topliss-reactive ketones (excluding diaryl/α,β-unsaturated/α-hetero) is 1. The number of likely N-dealkylation sites (N-methyl/N-ethyl adjacent to an activating group) is 1. The van der Waals surface area contributed by atoms with Gasteiger partial charge in [-0.2, -0.15) is 0 Å². The SMILES string of the molecule is CC(C)CC(=O)CC[C@]1(C)C2Cc3ccc(O)cc3[C@@]1(C)CCN2C.Cl. The summed E-state index contributed by atoms with van der Waals surface area (Å²) in [5.41, 5.74) is 2.72. The molecule has 3 atom stereocenters. The van der Waals surface area contributed by atoms with Gasteiger partial charge < -0.3 is 10.0 Å². The van der Waals surface area contributed by atoms with Crippen molar-refractivity contribution < 1.29 is 9.90 Å². The summed E-state index contributed by atoms with van der Waals surface area (Å²) < 4.78 is 0. The van der Waals surface area contributed by atoms with E-state index in [4.69, 9.17) is 0 Å². The third-order valence-corrected chi connectivity index (χ3v) is 7.15. The molecule has 0 spiro atoms. The quantitative estimate of drug-likeness (QED) is 0.803. The van der Waals surface area contributed by atoms with Crippen molar-refractivity contribution in [2.45, 2.75) is 71.3 Å². The number of fused-ring (bicyclic) bond motifs is 4. The van der Waals surface area contributed by atoms with Crippen molar-refractivity contribution >= 4 is 18.2 Å². The summed E-state index contributed by atoms with van der Waals surface area (Å²) in [5, 5.41) is 10.1. The minimum atomic E-state index is 0. The van der Waals surface area contributed by atoms with E-state index in [9.17, 15) is 9.90 Å². The van der Waals surface area contributed by atoms with Gasteiger partial charge in [0.1, 0.15) is 11.5 Å². The number of aromatic hydroxyl groups is 1. The summed E-state index contributed by atoms with van der Waals surface area (Å²) in [4.78, 5) is 14.9. The first-order valence-corrected chi connectivity index (χ1v) is 9.72. The van der Waals surface area contributed by atoms with Gasteiger partial charge in [-0.1, -0.05) is 33.8 Å². The lowest BCUT2D eigenvalue weighted by Gasteiger charge is -2.62. The minimum Gasteiger partial charge on any atom is -0.508 e. The first-order valence-electron chi connectivity index (χ1n) is 9.72. The molecular formula is C22H34ClNO2. The molecule has 146 valence electrons. The molecule has 2 aliphatic rings. The molecule has 2 bridgehead atoms. The molecule has 0 saturated carbocycles. The van der Waals surface area contributed by atoms with Crippen LogP contribution in [0.25, 0.3) is 0 Å². The molecule has 1 aromatic carbocycles. The van der Waals surface area contributed by atoms with Crippen LogP contribution in [0.1, 0.15) is 64.5 Å². The molecule has 26 heavy (non-hydrogen) atoms. The predicted octanol–water partition coefficient (Wildman–Crippen LogP) is 4.73. The van der Waals surface area contributed by atoms with Crippen LogP contribution in [-0.4, -0.2) is 35.4 Å². The van der Waals surface area contributed by atoms with E-state index in [0.717, 1.165) is 25.8 Å². The number of hydrogen-bond acceptors (Lipinski definition) is 3. The number of hydrogen-bond donors (Lipinski definition) is 1. The highest BCUT2D eigenvalue weighted by molar-refractivity contribution is 5.85. The molecule has 1 aromatic rings. The van der Waals surface area contributed by atoms with Crippen LogP contribution in [0, 0.1) is 11.3 Å². The average Bonchev–Trinajstić information content (AvgIpc) is 2.53. The number of ketones is 1. The molecular weight excluding hydrogens is 346 g/mol. The molecule has 0 aromatic heterocycles. The fourth-order valence-electron chi connectivity index (χ4n) is 5.38. The van der Waals surface area contributed by atoms with Gasteiger partial charge in [0.2, 0.25) is 0 Å². The minimum absolute atomic E-state index is 0. The Bertz CT molecular complexity index is 674. The molecule has 4 heteroatoms. The maximum atomic E-state index is 12.4. The summed E-state index contributed by atoms with van der Waals surface area (Å²) >= 11 is 0. The average molecular weight is 380 g/mol. The zero-order valence-electron chi connectivity index (χ0n) is 16.8. The van der Waals surface area contributed by atoms with Crippen LogP contribution in [0.2, 0.25) is 0 Å². The number of likely N-dealkylation sites (tertiary alicyclic amines) is 1. The normalized spacial score (nSPS) is 30.6. The van der Waals surface area contributed by atoms with Gasteiger partial charge in [-0.3, -0.25) is 4.79 Å². The molecule has 3 nitrogen and oxygen atoms in total. The second-order valence-electron chi connectivity index (χ2n) is 9.18. The summed E-state index contributed by atoms with van der Waals surface area (Å²) in [6, 6.07) is 6.34. The van der Waals surface area contributed by atoms with Gasteiger partial charge in [0.15, 0.2) is 0 Å². The first-order chi connectivity index (χ1) is 11.7. The van der Waals surface area contributed by atoms with E-state index in [1.54, 1.807) is 0 Å².